The van der Waals surface area contributed by atoms with Crippen LogP contribution in [0.5, 0.6) is 0 Å². The molecule has 130 valence electrons. The van der Waals surface area contributed by atoms with Crippen molar-refractivity contribution in [1.29, 1.82) is 0 Å². The van der Waals surface area contributed by atoms with Gasteiger partial charge in [0, 0.05) is 18.4 Å². The van der Waals surface area contributed by atoms with Gasteiger partial charge < -0.3 is 15.2 Å². The first-order chi connectivity index (χ1) is 12.1. The molecule has 3 aromatic rings. The molecule has 1 amide bonds. The summed E-state index contributed by atoms with van der Waals surface area (Å²) in [7, 11) is 4.02. The predicted octanol–water partition coefficient (Wildman–Crippen LogP) is 3.63. The third-order valence-electron chi connectivity index (χ3n) is 4.03. The van der Waals surface area contributed by atoms with Crippen LogP contribution in [0, 0.1) is 4.77 Å². The lowest BCUT2D eigenvalue weighted by atomic mass is 10.1. The highest BCUT2D eigenvalue weighted by molar-refractivity contribution is 7.71. The molecule has 2 heterocycles. The Labute approximate surface area is 155 Å². The molecule has 0 fully saturated rings. The number of carbonyl (C=O) groups excluding carboxylic acids is 1. The number of nitrogens with one attached hydrogen (secondary N) is 2. The fourth-order valence-corrected chi connectivity index (χ4v) is 3.68. The molecule has 0 aliphatic heterocycles. The number of carbonyl (C=O) groups is 1. The number of aromatic nitrogens is 2. The molecule has 0 saturated heterocycles. The van der Waals surface area contributed by atoms with E-state index in [0.29, 0.717) is 17.0 Å². The largest absolute Gasteiger partial charge is 0.349 e. The van der Waals surface area contributed by atoms with Crippen molar-refractivity contribution in [2.75, 3.05) is 20.6 Å². The van der Waals surface area contributed by atoms with E-state index in [0.717, 1.165) is 5.69 Å². The van der Waals surface area contributed by atoms with Gasteiger partial charge in [-0.25, -0.2) is 0 Å². The molecule has 0 spiro atoms. The number of benzene rings is 1. The number of aromatic amines is 1. The van der Waals surface area contributed by atoms with Gasteiger partial charge in [-0.2, -0.15) is 11.3 Å². The molecule has 0 aliphatic carbocycles. The van der Waals surface area contributed by atoms with Gasteiger partial charge in [0.2, 0.25) is 0 Å². The van der Waals surface area contributed by atoms with Gasteiger partial charge in [-0.05, 0) is 60.8 Å². The van der Waals surface area contributed by atoms with Gasteiger partial charge in [0.15, 0.2) is 4.77 Å². The lowest BCUT2D eigenvalue weighted by molar-refractivity contribution is 0.0935. The van der Waals surface area contributed by atoms with Gasteiger partial charge in [0.1, 0.15) is 5.69 Å². The smallest absolute Gasteiger partial charge is 0.269 e. The number of H-pyrrole nitrogens is 1. The van der Waals surface area contributed by atoms with Crippen LogP contribution in [0.4, 0.5) is 0 Å². The molecule has 2 N–H and O–H groups in total. The summed E-state index contributed by atoms with van der Waals surface area (Å²) in [5, 5.41) is 7.19. The van der Waals surface area contributed by atoms with Crippen LogP contribution in [-0.4, -0.2) is 41.0 Å². The summed E-state index contributed by atoms with van der Waals surface area (Å²) >= 11 is 6.99. The van der Waals surface area contributed by atoms with E-state index in [1.165, 1.54) is 5.56 Å². The maximum atomic E-state index is 12.7. The van der Waals surface area contributed by atoms with E-state index in [4.69, 9.17) is 12.2 Å². The maximum Gasteiger partial charge on any atom is 0.269 e. The zero-order valence-corrected chi connectivity index (χ0v) is 15.7. The second kappa shape index (κ2) is 7.77. The van der Waals surface area contributed by atoms with E-state index >= 15 is 0 Å². The number of para-hydroxylation sites is 1. The van der Waals surface area contributed by atoms with Gasteiger partial charge in [-0.1, -0.05) is 18.2 Å². The van der Waals surface area contributed by atoms with Gasteiger partial charge in [-0.15, -0.1) is 0 Å². The van der Waals surface area contributed by atoms with E-state index in [2.05, 4.69) is 26.6 Å². The van der Waals surface area contributed by atoms with Crippen molar-refractivity contribution in [3.63, 3.8) is 0 Å². The van der Waals surface area contributed by atoms with Crippen LogP contribution in [0.25, 0.3) is 5.69 Å². The molecule has 0 bridgehead atoms. The van der Waals surface area contributed by atoms with E-state index < -0.39 is 0 Å². The third-order valence-corrected chi connectivity index (χ3v) is 5.03. The number of nitrogens with zero attached hydrogens (tertiary/aromatic N) is 2. The number of likely N-dealkylation sites (N-methyl/N-ethyl adjacent to an activating group) is 1. The van der Waals surface area contributed by atoms with Gasteiger partial charge in [-0.3, -0.25) is 9.36 Å². The molecule has 0 saturated carbocycles. The van der Waals surface area contributed by atoms with E-state index in [9.17, 15) is 4.79 Å². The van der Waals surface area contributed by atoms with Crippen molar-refractivity contribution in [3.8, 4) is 5.69 Å². The molecule has 7 heteroatoms. The van der Waals surface area contributed by atoms with Crippen LogP contribution in [0.2, 0.25) is 0 Å². The number of thiophene rings is 1. The molecular weight excluding hydrogens is 352 g/mol. The third kappa shape index (κ3) is 3.89. The van der Waals surface area contributed by atoms with Crippen LogP contribution in [0.15, 0.2) is 53.4 Å². The van der Waals surface area contributed by atoms with Crippen LogP contribution < -0.4 is 5.32 Å². The number of amides is 1. The molecule has 3 rings (SSSR count). The molecule has 0 aliphatic rings. The maximum absolute atomic E-state index is 12.7. The minimum atomic E-state index is -0.154. The van der Waals surface area contributed by atoms with E-state index in [-0.39, 0.29) is 11.9 Å². The Morgan fingerprint density at radius 1 is 1.32 bits per heavy atom. The first-order valence-electron chi connectivity index (χ1n) is 7.90. The summed E-state index contributed by atoms with van der Waals surface area (Å²) in [6, 6.07) is 11.8. The van der Waals surface area contributed by atoms with E-state index in [1.807, 2.05) is 49.8 Å². The lowest BCUT2D eigenvalue weighted by Crippen LogP contribution is -2.35. The van der Waals surface area contributed by atoms with Crippen molar-refractivity contribution in [3.05, 3.63) is 69.4 Å². The summed E-state index contributed by atoms with van der Waals surface area (Å²) in [5.41, 5.74) is 2.56. The number of hydrogen-bond donors (Lipinski definition) is 2. The number of hydrogen-bond acceptors (Lipinski definition) is 4. The average Bonchev–Trinajstić information content (AvgIpc) is 3.25. The summed E-state index contributed by atoms with van der Waals surface area (Å²) < 4.78 is 2.25. The second-order valence-electron chi connectivity index (χ2n) is 5.90. The molecular formula is C18H20N4OS2. The van der Waals surface area contributed by atoms with Crippen LogP contribution in [0.1, 0.15) is 22.1 Å². The van der Waals surface area contributed by atoms with Gasteiger partial charge in [0.05, 0.1) is 6.04 Å². The summed E-state index contributed by atoms with van der Waals surface area (Å²) in [5.74, 6) is -0.154. The molecule has 1 unspecified atom stereocenters. The van der Waals surface area contributed by atoms with Crippen molar-refractivity contribution in [2.24, 2.45) is 0 Å². The van der Waals surface area contributed by atoms with Crippen molar-refractivity contribution >= 4 is 29.5 Å². The topological polar surface area (TPSA) is 53.1 Å². The monoisotopic (exact) mass is 372 g/mol. The highest BCUT2D eigenvalue weighted by Gasteiger charge is 2.18. The number of rotatable bonds is 6. The van der Waals surface area contributed by atoms with Crippen molar-refractivity contribution in [2.45, 2.75) is 6.04 Å². The average molecular weight is 373 g/mol. The summed E-state index contributed by atoms with van der Waals surface area (Å²) in [6.45, 7) is 0.523. The zero-order valence-electron chi connectivity index (χ0n) is 14.1. The summed E-state index contributed by atoms with van der Waals surface area (Å²) in [6.07, 6.45) is 1.65. The molecule has 2 aromatic heterocycles. The van der Waals surface area contributed by atoms with Crippen LogP contribution in [-0.2, 0) is 0 Å². The van der Waals surface area contributed by atoms with E-state index in [1.54, 1.807) is 22.1 Å². The Morgan fingerprint density at radius 2 is 2.08 bits per heavy atom. The molecule has 5 nitrogen and oxygen atoms in total. The van der Waals surface area contributed by atoms with Crippen LogP contribution in [0.3, 0.4) is 0 Å². The molecule has 1 aromatic carbocycles. The minimum Gasteiger partial charge on any atom is -0.349 e. The first-order valence-corrected chi connectivity index (χ1v) is 9.25. The highest BCUT2D eigenvalue weighted by Crippen LogP contribution is 2.20. The SMILES string of the molecule is CN(C)C(CNC(=O)c1c[nH]c(=S)n1-c1ccccc1)c1ccsc1. The minimum absolute atomic E-state index is 0.127. The fraction of sp³-hybridized carbons (Fsp3) is 0.222. The lowest BCUT2D eigenvalue weighted by Gasteiger charge is -2.24. The van der Waals surface area contributed by atoms with Gasteiger partial charge in [0.25, 0.3) is 5.91 Å². The number of imidazole rings is 1. The zero-order chi connectivity index (χ0) is 17.8. The Hall–Kier alpha value is -2.22. The predicted molar refractivity (Wildman–Crippen MR) is 104 cm³/mol. The Balaban J connectivity index is 1.80. The Morgan fingerprint density at radius 3 is 2.72 bits per heavy atom. The normalized spacial score (nSPS) is 12.3. The van der Waals surface area contributed by atoms with Crippen molar-refractivity contribution < 1.29 is 4.79 Å². The Bertz CT molecular complexity index is 881. The first kappa shape index (κ1) is 17.6. The standard InChI is InChI=1S/C18H20N4OS2/c1-21(2)15(13-8-9-25-12-13)10-19-17(23)16-11-20-18(24)22(16)14-6-4-3-5-7-14/h3-9,11-12,15H,10H2,1-2H3,(H,19,23)(H,20,24). The molecule has 1 atom stereocenters. The van der Waals surface area contributed by atoms with Gasteiger partial charge >= 0.3 is 0 Å². The van der Waals surface area contributed by atoms with Crippen molar-refractivity contribution in [1.82, 2.24) is 19.8 Å². The summed E-state index contributed by atoms with van der Waals surface area (Å²) in [4.78, 5) is 17.8. The molecule has 0 radical (unpaired) electrons. The fourth-order valence-electron chi connectivity index (χ4n) is 2.71. The Kier molecular flexibility index (Phi) is 5.47. The molecule has 25 heavy (non-hydrogen) atoms. The quantitative estimate of drug-likeness (QED) is 0.650. The highest BCUT2D eigenvalue weighted by atomic mass is 32.1. The van der Waals surface area contributed by atoms with Crippen LogP contribution >= 0.6 is 23.6 Å². The second-order valence-corrected chi connectivity index (χ2v) is 7.06.